The van der Waals surface area contributed by atoms with Gasteiger partial charge in [0.2, 0.25) is 5.95 Å². The van der Waals surface area contributed by atoms with Crippen LogP contribution in [0.15, 0.2) is 88.7 Å². The van der Waals surface area contributed by atoms with E-state index in [1.807, 2.05) is 61.5 Å². The number of aliphatic hydroxyl groups excluding tert-OH is 1. The molecule has 4 aromatic carbocycles. The van der Waals surface area contributed by atoms with Gasteiger partial charge in [-0.2, -0.15) is 4.98 Å². The van der Waals surface area contributed by atoms with Gasteiger partial charge in [0.1, 0.15) is 5.82 Å². The molecule has 214 valence electrons. The van der Waals surface area contributed by atoms with Gasteiger partial charge >= 0.3 is 0 Å². The van der Waals surface area contributed by atoms with Gasteiger partial charge in [-0.3, -0.25) is 4.79 Å². The van der Waals surface area contributed by atoms with Gasteiger partial charge in [0.25, 0.3) is 0 Å². The largest absolute Gasteiger partial charge is 0.504 e. The number of ketones is 1. The van der Waals surface area contributed by atoms with E-state index in [0.717, 1.165) is 49.4 Å². The molecule has 0 atom stereocenters. The van der Waals surface area contributed by atoms with E-state index >= 15 is 0 Å². The van der Waals surface area contributed by atoms with Gasteiger partial charge in [-0.25, -0.2) is 4.98 Å². The van der Waals surface area contributed by atoms with Crippen LogP contribution in [0.4, 0.5) is 11.8 Å². The minimum absolute atomic E-state index is 0.0210. The van der Waals surface area contributed by atoms with Crippen molar-refractivity contribution >= 4 is 40.2 Å². The van der Waals surface area contributed by atoms with Crippen LogP contribution in [0.5, 0.6) is 11.5 Å². The van der Waals surface area contributed by atoms with Crippen LogP contribution in [0.25, 0.3) is 10.9 Å². The minimum atomic E-state index is 0.0210. The molecule has 0 unspecified atom stereocenters. The van der Waals surface area contributed by atoms with Crippen molar-refractivity contribution in [2.75, 3.05) is 18.2 Å². The first kappa shape index (κ1) is 28.9. The molecule has 0 saturated heterocycles. The summed E-state index contributed by atoms with van der Waals surface area (Å²) in [6.07, 6.45) is 1.27. The summed E-state index contributed by atoms with van der Waals surface area (Å²) < 4.78 is 4.92. The number of fused-ring (bicyclic) bond motifs is 2. The first-order chi connectivity index (χ1) is 20.4. The summed E-state index contributed by atoms with van der Waals surface area (Å²) in [7, 11) is 1.47. The zero-order valence-corrected chi connectivity index (χ0v) is 24.2. The number of nitrogens with two attached hydrogens (primary N) is 1. The average molecular weight is 581 g/mol. The van der Waals surface area contributed by atoms with Crippen molar-refractivity contribution in [2.24, 2.45) is 0 Å². The number of carbonyl (C=O) groups is 1. The number of aromatic nitrogens is 2. The fourth-order valence-electron chi connectivity index (χ4n) is 4.74. The molecule has 1 heterocycles. The quantitative estimate of drug-likeness (QED) is 0.175. The molecule has 1 aromatic heterocycles. The highest BCUT2D eigenvalue weighted by Gasteiger charge is 2.21. The molecular formula is C33H32N4O4S. The maximum absolute atomic E-state index is 11.3. The van der Waals surface area contributed by atoms with Gasteiger partial charge in [-0.1, -0.05) is 54.2 Å². The molecule has 0 aliphatic heterocycles. The lowest BCUT2D eigenvalue weighted by Crippen LogP contribution is -2.06. The molecule has 8 nitrogen and oxygen atoms in total. The zero-order chi connectivity index (χ0) is 29.6. The Kier molecular flexibility index (Phi) is 8.90. The number of rotatable bonds is 7. The third kappa shape index (κ3) is 6.48. The number of carbonyl (C=O) groups excluding carboxylic acids is 1. The summed E-state index contributed by atoms with van der Waals surface area (Å²) in [5, 5.41) is 23.2. The van der Waals surface area contributed by atoms with E-state index in [9.17, 15) is 15.0 Å². The number of ether oxygens (including phenoxy) is 1. The van der Waals surface area contributed by atoms with E-state index in [1.54, 1.807) is 23.9 Å². The van der Waals surface area contributed by atoms with Crippen LogP contribution in [-0.2, 0) is 19.6 Å². The third-order valence-corrected chi connectivity index (χ3v) is 8.22. The number of aromatic hydroxyl groups is 1. The molecule has 5 N–H and O–H groups in total. The molecule has 42 heavy (non-hydrogen) atoms. The van der Waals surface area contributed by atoms with Crippen molar-refractivity contribution in [2.45, 2.75) is 42.7 Å². The van der Waals surface area contributed by atoms with Crippen molar-refractivity contribution in [3.8, 4) is 11.5 Å². The fraction of sp³-hybridized carbons (Fsp3) is 0.182. The number of hydrogen-bond donors (Lipinski definition) is 4. The maximum Gasteiger partial charge on any atom is 0.225 e. The summed E-state index contributed by atoms with van der Waals surface area (Å²) in [5.74, 6) is 1.59. The molecule has 5 aromatic rings. The van der Waals surface area contributed by atoms with Crippen molar-refractivity contribution in [1.29, 1.82) is 0 Å². The van der Waals surface area contributed by atoms with E-state index in [4.69, 9.17) is 10.5 Å². The van der Waals surface area contributed by atoms with Gasteiger partial charge in [0, 0.05) is 33.7 Å². The lowest BCUT2D eigenvalue weighted by atomic mass is 10.1. The summed E-state index contributed by atoms with van der Waals surface area (Å²) in [6.45, 7) is 2.62. The van der Waals surface area contributed by atoms with Gasteiger partial charge in [-0.05, 0) is 72.0 Å². The van der Waals surface area contributed by atoms with E-state index in [-0.39, 0.29) is 18.1 Å². The predicted molar refractivity (Wildman–Crippen MR) is 166 cm³/mol. The van der Waals surface area contributed by atoms with Gasteiger partial charge in [0.05, 0.1) is 19.2 Å². The number of aliphatic hydroxyl groups is 1. The highest BCUT2D eigenvalue weighted by molar-refractivity contribution is 7.99. The number of phenols is 1. The molecule has 0 amide bonds. The molecule has 1 aliphatic carbocycles. The van der Waals surface area contributed by atoms with Crippen molar-refractivity contribution in [3.63, 3.8) is 0 Å². The van der Waals surface area contributed by atoms with Crippen molar-refractivity contribution in [3.05, 3.63) is 107 Å². The number of aryl methyl sites for hydroxylation is 2. The number of phenolic OH excluding ortho intramolecular Hbond substituents is 1. The summed E-state index contributed by atoms with van der Waals surface area (Å²) in [6, 6.07) is 25.3. The van der Waals surface area contributed by atoms with Gasteiger partial charge in [0.15, 0.2) is 17.3 Å². The molecular weight excluding hydrogens is 548 g/mol. The van der Waals surface area contributed by atoms with Crippen LogP contribution in [-0.4, -0.2) is 33.1 Å². The van der Waals surface area contributed by atoms with Crippen molar-refractivity contribution in [1.82, 2.24) is 9.97 Å². The summed E-state index contributed by atoms with van der Waals surface area (Å²) >= 11 is 1.64. The molecule has 0 bridgehead atoms. The Bertz CT molecular complexity index is 1760. The highest BCUT2D eigenvalue weighted by atomic mass is 32.2. The Morgan fingerprint density at radius 1 is 0.952 bits per heavy atom. The van der Waals surface area contributed by atoms with E-state index in [0.29, 0.717) is 36.0 Å². The summed E-state index contributed by atoms with van der Waals surface area (Å²) in [5.41, 5.74) is 11.7. The molecule has 9 heteroatoms. The van der Waals surface area contributed by atoms with Crippen LogP contribution in [0.1, 0.15) is 39.0 Å². The predicted octanol–water partition coefficient (Wildman–Crippen LogP) is 6.31. The van der Waals surface area contributed by atoms with Crippen molar-refractivity contribution < 1.29 is 19.7 Å². The summed E-state index contributed by atoms with van der Waals surface area (Å²) in [4.78, 5) is 22.5. The molecule has 0 radical (unpaired) electrons. The van der Waals surface area contributed by atoms with Crippen LogP contribution in [0, 0.1) is 6.92 Å². The van der Waals surface area contributed by atoms with E-state index in [2.05, 4.69) is 27.4 Å². The number of nitrogens with zero attached hydrogens (tertiary/aromatic N) is 2. The number of methoxy groups -OCH3 is 1. The Balaban J connectivity index is 0.000000226. The van der Waals surface area contributed by atoms with E-state index in [1.165, 1.54) is 7.11 Å². The Hall–Kier alpha value is -4.60. The fourth-order valence-corrected chi connectivity index (χ4v) is 5.81. The van der Waals surface area contributed by atoms with Crippen LogP contribution < -0.4 is 15.8 Å². The number of anilines is 2. The third-order valence-electron chi connectivity index (χ3n) is 6.98. The molecule has 0 spiro atoms. The number of nitrogens with one attached hydrogen (secondary N) is 1. The Morgan fingerprint density at radius 2 is 1.67 bits per heavy atom. The normalized spacial score (nSPS) is 12.0. The van der Waals surface area contributed by atoms with E-state index < -0.39 is 0 Å². The molecule has 0 saturated carbocycles. The number of benzene rings is 4. The smallest absolute Gasteiger partial charge is 0.225 e. The standard InChI is InChI=1S/C23H22N4OS.C10H10O3/c1-15-10-11-18-19(12-15)26-23(27-22(18)24)25-13-16-6-2-4-8-20(16)29-21-9-5-3-7-17(21)14-28;1-13-10-5-7-6(4-9(10)12)2-3-8(7)11/h2-12,28H,13-14H2,1H3,(H3,24,25,26,27);4-5,12H,2-3H2,1H3. The first-order valence-electron chi connectivity index (χ1n) is 13.5. The second-order valence-corrected chi connectivity index (χ2v) is 11.0. The average Bonchev–Trinajstić information content (AvgIpc) is 3.35. The second kappa shape index (κ2) is 12.9. The van der Waals surface area contributed by atoms with Crippen LogP contribution >= 0.6 is 11.8 Å². The lowest BCUT2D eigenvalue weighted by molar-refractivity contribution is 0.0994. The Labute approximate surface area is 248 Å². The topological polar surface area (TPSA) is 131 Å². The second-order valence-electron chi connectivity index (χ2n) is 9.89. The monoisotopic (exact) mass is 580 g/mol. The van der Waals surface area contributed by atoms with Gasteiger partial charge in [-0.15, -0.1) is 0 Å². The zero-order valence-electron chi connectivity index (χ0n) is 23.4. The molecule has 0 fully saturated rings. The van der Waals surface area contributed by atoms with Crippen LogP contribution in [0.2, 0.25) is 0 Å². The number of Topliss-reactive ketones (excluding diaryl/α,β-unsaturated/α-hetero) is 1. The highest BCUT2D eigenvalue weighted by Crippen LogP contribution is 2.34. The van der Waals surface area contributed by atoms with Crippen LogP contribution in [0.3, 0.4) is 0 Å². The minimum Gasteiger partial charge on any atom is -0.504 e. The lowest BCUT2D eigenvalue weighted by Gasteiger charge is -2.13. The number of nitrogen functional groups attached to an aromatic ring is 1. The Morgan fingerprint density at radius 3 is 2.40 bits per heavy atom. The SMILES string of the molecule is COc1cc2c(cc1O)CCC2=O.Cc1ccc2c(N)nc(NCc3ccccc3Sc3ccccc3CO)nc2c1. The maximum atomic E-state index is 11.3. The number of hydrogen-bond acceptors (Lipinski definition) is 9. The molecule has 1 aliphatic rings. The first-order valence-corrected chi connectivity index (χ1v) is 14.3. The van der Waals surface area contributed by atoms with Gasteiger partial charge < -0.3 is 26.0 Å². The molecule has 6 rings (SSSR count).